The Hall–Kier alpha value is -0.890. The van der Waals surface area contributed by atoms with E-state index in [0.29, 0.717) is 6.54 Å². The van der Waals surface area contributed by atoms with E-state index in [1.165, 1.54) is 16.6 Å². The molecule has 0 amide bonds. The zero-order chi connectivity index (χ0) is 14.9. The Morgan fingerprint density at radius 2 is 2.20 bits per heavy atom. The summed E-state index contributed by atoms with van der Waals surface area (Å²) in [6, 6.07) is 0.886. The number of piperidine rings is 1. The maximum atomic E-state index is 12.8. The Morgan fingerprint density at radius 3 is 2.85 bits per heavy atom. The van der Waals surface area contributed by atoms with Crippen LogP contribution in [0.15, 0.2) is 17.2 Å². The summed E-state index contributed by atoms with van der Waals surface area (Å²) in [5, 5.41) is 0.243. The molecular formula is C12H19ClN4O2S. The first-order valence-electron chi connectivity index (χ1n) is 6.52. The van der Waals surface area contributed by atoms with Crippen molar-refractivity contribution in [2.75, 3.05) is 12.3 Å². The lowest BCUT2D eigenvalue weighted by Crippen LogP contribution is -2.51. The third-order valence-corrected chi connectivity index (χ3v) is 5.70. The Kier molecular flexibility index (Phi) is 4.53. The molecule has 1 saturated heterocycles. The van der Waals surface area contributed by atoms with Crippen LogP contribution >= 0.6 is 11.6 Å². The third-order valence-electron chi connectivity index (χ3n) is 3.54. The van der Waals surface area contributed by atoms with Gasteiger partial charge in [-0.1, -0.05) is 18.0 Å². The van der Waals surface area contributed by atoms with Crippen molar-refractivity contribution in [1.82, 2.24) is 9.29 Å². The molecular weight excluding hydrogens is 300 g/mol. The van der Waals surface area contributed by atoms with Crippen LogP contribution in [-0.2, 0) is 10.0 Å². The quantitative estimate of drug-likeness (QED) is 0.872. The van der Waals surface area contributed by atoms with Gasteiger partial charge in [0.25, 0.3) is 0 Å². The average Bonchev–Trinajstić information content (AvgIpc) is 2.41. The van der Waals surface area contributed by atoms with Gasteiger partial charge in [0, 0.05) is 24.8 Å². The van der Waals surface area contributed by atoms with Gasteiger partial charge in [0.2, 0.25) is 10.0 Å². The van der Waals surface area contributed by atoms with Crippen LogP contribution < -0.4 is 11.5 Å². The first-order valence-corrected chi connectivity index (χ1v) is 8.34. The molecule has 0 aromatic carbocycles. The number of pyridine rings is 1. The fourth-order valence-electron chi connectivity index (χ4n) is 2.52. The van der Waals surface area contributed by atoms with E-state index in [9.17, 15) is 8.42 Å². The second kappa shape index (κ2) is 5.85. The number of nitrogens with zero attached hydrogens (tertiary/aromatic N) is 2. The van der Waals surface area contributed by atoms with Crippen LogP contribution in [0, 0.1) is 0 Å². The molecule has 1 aliphatic heterocycles. The van der Waals surface area contributed by atoms with Crippen LogP contribution in [0.5, 0.6) is 0 Å². The minimum absolute atomic E-state index is 0.0385. The Labute approximate surface area is 124 Å². The van der Waals surface area contributed by atoms with Gasteiger partial charge < -0.3 is 11.5 Å². The van der Waals surface area contributed by atoms with Gasteiger partial charge in [-0.25, -0.2) is 13.4 Å². The normalized spacial score (nSPS) is 22.6. The first-order chi connectivity index (χ1) is 9.34. The molecule has 1 aliphatic rings. The lowest BCUT2D eigenvalue weighted by Gasteiger charge is -2.36. The molecule has 0 aliphatic carbocycles. The van der Waals surface area contributed by atoms with Crippen LogP contribution in [-0.4, -0.2) is 36.3 Å². The predicted molar refractivity (Wildman–Crippen MR) is 78.8 cm³/mol. The molecule has 1 fully saturated rings. The summed E-state index contributed by atoms with van der Waals surface area (Å²) in [4.78, 5) is 3.77. The molecule has 112 valence electrons. The SMILES string of the molecule is C[C@H](N)[C@@H]1CCCCN1S(=O)(=O)c1cc(Cl)cnc1N. The van der Waals surface area contributed by atoms with E-state index in [0.717, 1.165) is 19.3 Å². The van der Waals surface area contributed by atoms with Crippen LogP contribution in [0.2, 0.25) is 5.02 Å². The van der Waals surface area contributed by atoms with Crippen molar-refractivity contribution < 1.29 is 8.42 Å². The summed E-state index contributed by atoms with van der Waals surface area (Å²) in [5.41, 5.74) is 11.6. The minimum atomic E-state index is -3.73. The third kappa shape index (κ3) is 2.90. The van der Waals surface area contributed by atoms with Crippen molar-refractivity contribution in [3.8, 4) is 0 Å². The number of hydrogen-bond acceptors (Lipinski definition) is 5. The van der Waals surface area contributed by atoms with E-state index in [2.05, 4.69) is 4.98 Å². The van der Waals surface area contributed by atoms with E-state index in [4.69, 9.17) is 23.1 Å². The van der Waals surface area contributed by atoms with Gasteiger partial charge in [-0.3, -0.25) is 0 Å². The van der Waals surface area contributed by atoms with Crippen molar-refractivity contribution in [3.05, 3.63) is 17.3 Å². The molecule has 0 unspecified atom stereocenters. The van der Waals surface area contributed by atoms with Crippen molar-refractivity contribution in [1.29, 1.82) is 0 Å². The number of anilines is 1. The fraction of sp³-hybridized carbons (Fsp3) is 0.583. The highest BCUT2D eigenvalue weighted by molar-refractivity contribution is 7.89. The molecule has 4 N–H and O–H groups in total. The van der Waals surface area contributed by atoms with Crippen LogP contribution in [0.25, 0.3) is 0 Å². The molecule has 0 saturated carbocycles. The number of halogens is 1. The molecule has 8 heteroatoms. The summed E-state index contributed by atoms with van der Waals surface area (Å²) in [6.07, 6.45) is 3.87. The number of aromatic nitrogens is 1. The monoisotopic (exact) mass is 318 g/mol. The van der Waals surface area contributed by atoms with Crippen molar-refractivity contribution in [2.24, 2.45) is 5.73 Å². The Morgan fingerprint density at radius 1 is 1.50 bits per heavy atom. The molecule has 1 aromatic rings. The maximum absolute atomic E-state index is 12.8. The van der Waals surface area contributed by atoms with Crippen LogP contribution in [0.1, 0.15) is 26.2 Å². The predicted octanol–water partition coefficient (Wildman–Crippen LogP) is 1.21. The molecule has 2 rings (SSSR count). The largest absolute Gasteiger partial charge is 0.383 e. The standard InChI is InChI=1S/C12H19ClN4O2S/c1-8(14)10-4-2-3-5-17(10)20(18,19)11-6-9(13)7-16-12(11)15/h6-8,10H,2-5,14H2,1H3,(H2,15,16)/t8-,10-/m0/s1. The highest BCUT2D eigenvalue weighted by Gasteiger charge is 2.36. The number of rotatable bonds is 3. The van der Waals surface area contributed by atoms with Crippen LogP contribution in [0.4, 0.5) is 5.82 Å². The molecule has 20 heavy (non-hydrogen) atoms. The Bertz CT molecular complexity index is 591. The second-order valence-electron chi connectivity index (χ2n) is 5.07. The van der Waals surface area contributed by atoms with Gasteiger partial charge in [-0.05, 0) is 25.8 Å². The van der Waals surface area contributed by atoms with Crippen molar-refractivity contribution in [2.45, 2.75) is 43.2 Å². The summed E-state index contributed by atoms with van der Waals surface area (Å²) in [5.74, 6) is -0.0385. The van der Waals surface area contributed by atoms with E-state index in [1.807, 2.05) is 6.92 Å². The molecule has 2 heterocycles. The maximum Gasteiger partial charge on any atom is 0.247 e. The van der Waals surface area contributed by atoms with Gasteiger partial charge in [0.05, 0.1) is 5.02 Å². The zero-order valence-corrected chi connectivity index (χ0v) is 12.9. The molecule has 2 atom stereocenters. The average molecular weight is 319 g/mol. The Balaban J connectivity index is 2.45. The number of nitrogens with two attached hydrogens (primary N) is 2. The number of nitrogen functional groups attached to an aromatic ring is 1. The van der Waals surface area contributed by atoms with Gasteiger partial charge in [-0.2, -0.15) is 4.31 Å². The van der Waals surface area contributed by atoms with Gasteiger partial charge >= 0.3 is 0 Å². The first kappa shape index (κ1) is 15.5. The lowest BCUT2D eigenvalue weighted by molar-refractivity contribution is 0.227. The van der Waals surface area contributed by atoms with Crippen molar-refractivity contribution >= 4 is 27.4 Å². The summed E-state index contributed by atoms with van der Waals surface area (Å²) in [6.45, 7) is 2.26. The second-order valence-corrected chi connectivity index (χ2v) is 7.37. The molecule has 0 radical (unpaired) electrons. The lowest BCUT2D eigenvalue weighted by atomic mass is 10.00. The van der Waals surface area contributed by atoms with E-state index in [1.54, 1.807) is 0 Å². The molecule has 1 aromatic heterocycles. The molecule has 6 nitrogen and oxygen atoms in total. The van der Waals surface area contributed by atoms with Crippen molar-refractivity contribution in [3.63, 3.8) is 0 Å². The fourth-order valence-corrected chi connectivity index (χ4v) is 4.61. The van der Waals surface area contributed by atoms with E-state index < -0.39 is 10.0 Å². The summed E-state index contributed by atoms with van der Waals surface area (Å²) >= 11 is 5.84. The highest BCUT2D eigenvalue weighted by atomic mass is 35.5. The molecule has 0 spiro atoms. The summed E-state index contributed by atoms with van der Waals surface area (Å²) in [7, 11) is -3.73. The van der Waals surface area contributed by atoms with Gasteiger partial charge in [-0.15, -0.1) is 0 Å². The van der Waals surface area contributed by atoms with E-state index >= 15 is 0 Å². The molecule has 0 bridgehead atoms. The highest BCUT2D eigenvalue weighted by Crippen LogP contribution is 2.29. The van der Waals surface area contributed by atoms with Crippen LogP contribution in [0.3, 0.4) is 0 Å². The van der Waals surface area contributed by atoms with Gasteiger partial charge in [0.1, 0.15) is 10.7 Å². The minimum Gasteiger partial charge on any atom is -0.383 e. The zero-order valence-electron chi connectivity index (χ0n) is 11.3. The smallest absolute Gasteiger partial charge is 0.247 e. The topological polar surface area (TPSA) is 102 Å². The number of hydrogen-bond donors (Lipinski definition) is 2. The van der Waals surface area contributed by atoms with E-state index in [-0.39, 0.29) is 27.8 Å². The van der Waals surface area contributed by atoms with Gasteiger partial charge in [0.15, 0.2) is 0 Å². The number of sulfonamides is 1. The summed E-state index contributed by atoms with van der Waals surface area (Å²) < 4.78 is 27.0.